The molecule has 20 heteroatoms. The minimum absolute atomic E-state index is 0. The van der Waals surface area contributed by atoms with Gasteiger partial charge in [-0.3, -0.25) is 4.98 Å². The molecule has 0 fully saturated rings. The molecule has 548 valence electrons. The predicted octanol–water partition coefficient (Wildman–Crippen LogP) is 21.1. The third-order valence-electron chi connectivity index (χ3n) is 17.4. The fourth-order valence-corrected chi connectivity index (χ4v) is 16.7. The largest absolute Gasteiger partial charge is 0.487 e. The second-order valence-corrected chi connectivity index (χ2v) is 27.0. The number of benzene rings is 8. The molecule has 0 aliphatic carbocycles. The number of methoxy groups -OCH3 is 2. The molecule has 0 amide bonds. The van der Waals surface area contributed by atoms with Crippen LogP contribution in [0.15, 0.2) is 260 Å². The van der Waals surface area contributed by atoms with Gasteiger partial charge in [0.1, 0.15) is 0 Å². The van der Waals surface area contributed by atoms with Crippen molar-refractivity contribution in [2.24, 2.45) is 0 Å². The number of ether oxygens (including phenoxy) is 2. The summed E-state index contributed by atoms with van der Waals surface area (Å²) in [5.41, 5.74) is 22.5. The van der Waals surface area contributed by atoms with Crippen molar-refractivity contribution in [1.82, 2.24) is 19.9 Å². The van der Waals surface area contributed by atoms with E-state index >= 15 is 0 Å². The molecule has 2 radical (unpaired) electrons. The van der Waals surface area contributed by atoms with E-state index in [4.69, 9.17) is 29.9 Å². The summed E-state index contributed by atoms with van der Waals surface area (Å²) in [5.74, 6) is 0. The molecule has 8 aromatic carbocycles. The molecule has 4 N–H and O–H groups in total. The Balaban J connectivity index is 0.000000158. The van der Waals surface area contributed by atoms with Gasteiger partial charge in [0.25, 0.3) is 0 Å². The first-order valence-electron chi connectivity index (χ1n) is 33.5. The SMILES string of the molecule is CCO.CN1c2c[c-]c(-c3ccccn3)cc2N(C)c2ccccc21.CN1c2c[c-]c(-c3ccccn3)cc2N(C)c2ccccc21.CO.CO.CO.COc1cc(-c2cccc3c2sc2c(-c4ccccn4)[c-]ccc23)cs1.COc1cc(-c2cccc3c2sc2c(-c4ccccn4)cccc23)cs1.[Ir].[Ir]. The fraction of sp³-hybridized carbons (Fsp3) is 0.126. The first-order valence-corrected chi connectivity index (χ1v) is 36.9. The maximum Gasteiger partial charge on any atom is 0.173 e. The van der Waals surface area contributed by atoms with Crippen molar-refractivity contribution >= 4 is 131 Å². The quantitative estimate of drug-likeness (QED) is 0.106. The number of aromatic nitrogens is 4. The van der Waals surface area contributed by atoms with Gasteiger partial charge >= 0.3 is 0 Å². The maximum atomic E-state index is 7.57. The number of anilines is 8. The summed E-state index contributed by atoms with van der Waals surface area (Å²) in [7, 11) is 14.8. The van der Waals surface area contributed by atoms with Gasteiger partial charge in [0.15, 0.2) is 10.1 Å². The number of hydrogen-bond acceptors (Lipinski definition) is 18. The van der Waals surface area contributed by atoms with E-state index in [-0.39, 0.29) is 46.8 Å². The molecule has 107 heavy (non-hydrogen) atoms. The van der Waals surface area contributed by atoms with Gasteiger partial charge in [0.05, 0.1) is 42.7 Å². The number of rotatable bonds is 8. The zero-order chi connectivity index (χ0) is 73.9. The van der Waals surface area contributed by atoms with Gasteiger partial charge in [-0.15, -0.1) is 105 Å². The van der Waals surface area contributed by atoms with E-state index in [1.807, 2.05) is 132 Å². The number of para-hydroxylation sites is 4. The van der Waals surface area contributed by atoms with E-state index in [0.717, 1.165) is 82.3 Å². The average Bonchev–Trinajstić information content (AvgIpc) is 1.75. The summed E-state index contributed by atoms with van der Waals surface area (Å²) >= 11 is 6.92. The third-order valence-corrected chi connectivity index (χ3v) is 21.7. The Labute approximate surface area is 668 Å². The minimum Gasteiger partial charge on any atom is -0.487 e. The molecule has 0 spiro atoms. The molecular weight excluding hydrogens is 1770 g/mol. The summed E-state index contributed by atoms with van der Waals surface area (Å²) in [6, 6.07) is 87.3. The minimum atomic E-state index is 0. The number of thiophene rings is 4. The Morgan fingerprint density at radius 1 is 0.364 bits per heavy atom. The van der Waals surface area contributed by atoms with Gasteiger partial charge < -0.3 is 64.5 Å². The van der Waals surface area contributed by atoms with Gasteiger partial charge in [0, 0.05) is 168 Å². The Bertz CT molecular complexity index is 5160. The second kappa shape index (κ2) is 39.1. The Kier molecular flexibility index (Phi) is 29.7. The fourth-order valence-electron chi connectivity index (χ4n) is 12.5. The van der Waals surface area contributed by atoms with Crippen LogP contribution in [0.2, 0.25) is 0 Å². The Hall–Kier alpha value is -9.86. The molecule has 0 saturated carbocycles. The van der Waals surface area contributed by atoms with Crippen molar-refractivity contribution in [2.75, 3.05) is 89.9 Å². The summed E-state index contributed by atoms with van der Waals surface area (Å²) in [4.78, 5) is 26.8. The Morgan fingerprint density at radius 2 is 0.701 bits per heavy atom. The third kappa shape index (κ3) is 17.6. The maximum absolute atomic E-state index is 7.57. The molecule has 0 saturated heterocycles. The molecule has 8 aromatic heterocycles. The van der Waals surface area contributed by atoms with E-state index in [0.29, 0.717) is 0 Å². The molecule has 2 aliphatic rings. The first kappa shape index (κ1) is 81.2. The van der Waals surface area contributed by atoms with E-state index in [1.54, 1.807) is 43.8 Å². The molecule has 2 aliphatic heterocycles. The molecule has 0 unspecified atom stereocenters. The number of pyridine rings is 4. The van der Waals surface area contributed by atoms with Gasteiger partial charge in [-0.05, 0) is 140 Å². The molecule has 18 rings (SSSR count). The van der Waals surface area contributed by atoms with Crippen molar-refractivity contribution in [1.29, 1.82) is 0 Å². The normalized spacial score (nSPS) is 11.1. The molecule has 0 atom stereocenters. The Morgan fingerprint density at radius 3 is 1.07 bits per heavy atom. The van der Waals surface area contributed by atoms with Crippen molar-refractivity contribution in [3.8, 4) is 77.4 Å². The van der Waals surface area contributed by atoms with Crippen molar-refractivity contribution in [2.45, 2.75) is 6.92 Å². The summed E-state index contributed by atoms with van der Waals surface area (Å²) in [6.45, 7) is 1.93. The molecule has 0 bridgehead atoms. The number of aliphatic hydroxyl groups is 4. The van der Waals surface area contributed by atoms with Crippen molar-refractivity contribution < 1.29 is 70.1 Å². The summed E-state index contributed by atoms with van der Waals surface area (Å²) in [6.07, 6.45) is 7.31. The molecular formula is C87H79Ir2N8O6S4-3. The van der Waals surface area contributed by atoms with Crippen LogP contribution in [0.25, 0.3) is 108 Å². The predicted molar refractivity (Wildman–Crippen MR) is 443 cm³/mol. The second-order valence-electron chi connectivity index (χ2n) is 23.2. The van der Waals surface area contributed by atoms with Crippen LogP contribution in [0.5, 0.6) is 10.1 Å². The van der Waals surface area contributed by atoms with E-state index in [1.165, 1.54) is 102 Å². The van der Waals surface area contributed by atoms with Crippen LogP contribution in [0.3, 0.4) is 0 Å². The van der Waals surface area contributed by atoms with E-state index in [9.17, 15) is 0 Å². The monoisotopic (exact) mass is 1850 g/mol. The van der Waals surface area contributed by atoms with E-state index < -0.39 is 0 Å². The van der Waals surface area contributed by atoms with Gasteiger partial charge in [-0.25, -0.2) is 0 Å². The zero-order valence-corrected chi connectivity index (χ0v) is 68.6. The molecule has 10 heterocycles. The van der Waals surface area contributed by atoms with Crippen LogP contribution in [0.1, 0.15) is 6.92 Å². The topological polar surface area (TPSA) is 164 Å². The van der Waals surface area contributed by atoms with Crippen molar-refractivity contribution in [3.05, 3.63) is 278 Å². The number of hydrogen-bond donors (Lipinski definition) is 4. The van der Waals surface area contributed by atoms with Crippen LogP contribution >= 0.6 is 45.3 Å². The zero-order valence-electron chi connectivity index (χ0n) is 60.5. The van der Waals surface area contributed by atoms with Crippen LogP contribution in [-0.2, 0) is 40.2 Å². The summed E-state index contributed by atoms with van der Waals surface area (Å²) in [5, 5.41) is 39.9. The standard InChI is InChI=1S/C22H15NOS2.C22H14NOS2.2C19H16N3.C2H6O.3CH4O.2Ir/c2*1-24-20-12-14(13-25-20)15-6-4-7-16-17-8-5-9-18(22(17)26-21(15)16)19-10-2-3-11-23-19;2*1-21-16-8-3-4-9-17(16)22(2)19-13-14(10-11-18(19)21)15-7-5-6-12-20-15;1-2-3;3*1-2;;/h2-13H,1H3;2-8,10-13H,1H3;2*3-9,11-13H,1-2H3;3H,2H2,1H3;3*2H,1H3;;/q;3*-1;;;;;;. The van der Waals surface area contributed by atoms with E-state index in [2.05, 4.69) is 236 Å². The summed E-state index contributed by atoms with van der Waals surface area (Å²) < 4.78 is 15.9. The molecule has 14 nitrogen and oxygen atoms in total. The smallest absolute Gasteiger partial charge is 0.173 e. The van der Waals surface area contributed by atoms with Gasteiger partial charge in [-0.1, -0.05) is 127 Å². The van der Waals surface area contributed by atoms with Crippen LogP contribution in [0, 0.1) is 18.2 Å². The van der Waals surface area contributed by atoms with Crippen LogP contribution < -0.4 is 29.1 Å². The number of fused-ring (bicyclic) bond motifs is 10. The van der Waals surface area contributed by atoms with Crippen LogP contribution in [-0.4, -0.2) is 111 Å². The first-order chi connectivity index (χ1) is 51.6. The average molecular weight is 1850 g/mol. The van der Waals surface area contributed by atoms with Gasteiger partial charge in [0.2, 0.25) is 0 Å². The number of nitrogens with zero attached hydrogens (tertiary/aromatic N) is 8. The van der Waals surface area contributed by atoms with Gasteiger partial charge in [-0.2, -0.15) is 11.3 Å². The number of aliphatic hydroxyl groups excluding tert-OH is 4. The van der Waals surface area contributed by atoms with Crippen molar-refractivity contribution in [3.63, 3.8) is 0 Å². The van der Waals surface area contributed by atoms with Crippen LogP contribution in [0.4, 0.5) is 45.5 Å². The molecule has 16 aromatic rings.